The first-order valence-corrected chi connectivity index (χ1v) is 6.61. The highest BCUT2D eigenvalue weighted by Crippen LogP contribution is 2.00. The zero-order chi connectivity index (χ0) is 12.6. The van der Waals surface area contributed by atoms with E-state index in [4.69, 9.17) is 5.11 Å². The second-order valence-electron chi connectivity index (χ2n) is 3.78. The zero-order valence-electron chi connectivity index (χ0n) is 9.95. The number of carboxylic acid groups (broad SMARTS) is 1. The Balaban J connectivity index is 3.98. The highest BCUT2D eigenvalue weighted by Gasteiger charge is 2.18. The second-order valence-corrected chi connectivity index (χ2v) is 4.76. The van der Waals surface area contributed by atoms with E-state index in [1.54, 1.807) is 11.8 Å². The second kappa shape index (κ2) is 8.41. The first-order chi connectivity index (χ1) is 7.47. The molecule has 3 N–H and O–H groups in total. The Labute approximate surface area is 100 Å². The van der Waals surface area contributed by atoms with Crippen LogP contribution in [0.3, 0.4) is 0 Å². The van der Waals surface area contributed by atoms with Gasteiger partial charge in [0.15, 0.2) is 0 Å². The Kier molecular flexibility index (Phi) is 8.01. The summed E-state index contributed by atoms with van der Waals surface area (Å²) in [7, 11) is 0. The monoisotopic (exact) mass is 248 g/mol. The summed E-state index contributed by atoms with van der Waals surface area (Å²) in [5.74, 6) is -0.538. The average Bonchev–Trinajstić information content (AvgIpc) is 2.20. The van der Waals surface area contributed by atoms with Crippen molar-refractivity contribution in [3.8, 4) is 0 Å². The van der Waals surface area contributed by atoms with Crippen molar-refractivity contribution in [2.75, 3.05) is 18.6 Å². The quantitative estimate of drug-likeness (QED) is 0.576. The molecule has 1 atom stereocenters. The van der Waals surface area contributed by atoms with Gasteiger partial charge in [-0.1, -0.05) is 13.8 Å². The van der Waals surface area contributed by atoms with E-state index in [-0.39, 0.29) is 18.5 Å². The SMILES string of the molecule is CSCC[C@@H](NC(=O)CNC(C)C)C(=O)O. The molecule has 5 nitrogen and oxygen atoms in total. The maximum Gasteiger partial charge on any atom is 0.326 e. The van der Waals surface area contributed by atoms with Crippen LogP contribution in [0.5, 0.6) is 0 Å². The van der Waals surface area contributed by atoms with E-state index in [1.807, 2.05) is 20.1 Å². The van der Waals surface area contributed by atoms with E-state index >= 15 is 0 Å². The third-order valence-electron chi connectivity index (χ3n) is 1.91. The fourth-order valence-corrected chi connectivity index (χ4v) is 1.51. The number of carbonyl (C=O) groups is 2. The van der Waals surface area contributed by atoms with Crippen molar-refractivity contribution < 1.29 is 14.7 Å². The average molecular weight is 248 g/mol. The Morgan fingerprint density at radius 3 is 2.44 bits per heavy atom. The molecule has 0 aliphatic heterocycles. The van der Waals surface area contributed by atoms with Crippen LogP contribution in [0.4, 0.5) is 0 Å². The van der Waals surface area contributed by atoms with Gasteiger partial charge in [0.25, 0.3) is 0 Å². The molecule has 0 saturated carbocycles. The highest BCUT2D eigenvalue weighted by atomic mass is 32.2. The van der Waals surface area contributed by atoms with Crippen molar-refractivity contribution in [2.45, 2.75) is 32.4 Å². The molecule has 0 fully saturated rings. The molecule has 0 aliphatic rings. The molecular weight excluding hydrogens is 228 g/mol. The van der Waals surface area contributed by atoms with Crippen molar-refractivity contribution >= 4 is 23.6 Å². The van der Waals surface area contributed by atoms with E-state index in [0.29, 0.717) is 6.42 Å². The minimum Gasteiger partial charge on any atom is -0.480 e. The number of thioether (sulfide) groups is 1. The molecule has 16 heavy (non-hydrogen) atoms. The summed E-state index contributed by atoms with van der Waals surface area (Å²) in [6, 6.07) is -0.575. The third-order valence-corrected chi connectivity index (χ3v) is 2.56. The van der Waals surface area contributed by atoms with Gasteiger partial charge in [-0.3, -0.25) is 4.79 Å². The summed E-state index contributed by atoms with van der Waals surface area (Å²) in [5.41, 5.74) is 0. The summed E-state index contributed by atoms with van der Waals surface area (Å²) in [6.07, 6.45) is 2.35. The van der Waals surface area contributed by atoms with Crippen LogP contribution in [0.25, 0.3) is 0 Å². The molecule has 0 aromatic carbocycles. The van der Waals surface area contributed by atoms with E-state index in [0.717, 1.165) is 5.75 Å². The van der Waals surface area contributed by atoms with Gasteiger partial charge in [-0.05, 0) is 18.4 Å². The van der Waals surface area contributed by atoms with Crippen LogP contribution in [0.1, 0.15) is 20.3 Å². The molecule has 0 bridgehead atoms. The van der Waals surface area contributed by atoms with Gasteiger partial charge in [-0.25, -0.2) is 4.79 Å². The van der Waals surface area contributed by atoms with Crippen LogP contribution in [-0.4, -0.2) is 47.6 Å². The topological polar surface area (TPSA) is 78.4 Å². The number of hydrogen-bond donors (Lipinski definition) is 3. The molecule has 0 radical (unpaired) electrons. The van der Waals surface area contributed by atoms with Gasteiger partial charge in [0, 0.05) is 6.04 Å². The van der Waals surface area contributed by atoms with Gasteiger partial charge in [0.05, 0.1) is 6.54 Å². The van der Waals surface area contributed by atoms with Gasteiger partial charge < -0.3 is 15.7 Å². The lowest BCUT2D eigenvalue weighted by Crippen LogP contribution is -2.45. The van der Waals surface area contributed by atoms with Crippen molar-refractivity contribution in [3.05, 3.63) is 0 Å². The summed E-state index contributed by atoms with van der Waals surface area (Å²) in [6.45, 7) is 4.01. The fraction of sp³-hybridized carbons (Fsp3) is 0.800. The molecule has 1 amide bonds. The molecule has 0 spiro atoms. The van der Waals surface area contributed by atoms with Crippen molar-refractivity contribution in [3.63, 3.8) is 0 Å². The van der Waals surface area contributed by atoms with E-state index in [9.17, 15) is 9.59 Å². The van der Waals surface area contributed by atoms with Crippen LogP contribution in [-0.2, 0) is 9.59 Å². The highest BCUT2D eigenvalue weighted by molar-refractivity contribution is 7.98. The lowest BCUT2D eigenvalue weighted by Gasteiger charge is -2.15. The van der Waals surface area contributed by atoms with Gasteiger partial charge in [0.1, 0.15) is 6.04 Å². The van der Waals surface area contributed by atoms with Gasteiger partial charge in [-0.2, -0.15) is 11.8 Å². The van der Waals surface area contributed by atoms with Gasteiger partial charge in [0.2, 0.25) is 5.91 Å². The van der Waals surface area contributed by atoms with E-state index in [1.165, 1.54) is 0 Å². The molecule has 0 unspecified atom stereocenters. The number of aliphatic carboxylic acids is 1. The van der Waals surface area contributed by atoms with E-state index < -0.39 is 12.0 Å². The smallest absolute Gasteiger partial charge is 0.326 e. The van der Waals surface area contributed by atoms with E-state index in [2.05, 4.69) is 10.6 Å². The maximum absolute atomic E-state index is 11.4. The number of rotatable bonds is 8. The fourth-order valence-electron chi connectivity index (χ4n) is 1.04. The summed E-state index contributed by atoms with van der Waals surface area (Å²) in [5, 5.41) is 14.3. The Morgan fingerprint density at radius 1 is 1.38 bits per heavy atom. The molecule has 0 saturated heterocycles. The minimum absolute atomic E-state index is 0.153. The summed E-state index contributed by atoms with van der Waals surface area (Å²) >= 11 is 1.56. The largest absolute Gasteiger partial charge is 0.480 e. The molecule has 94 valence electrons. The molecule has 0 heterocycles. The first kappa shape index (κ1) is 15.2. The Bertz CT molecular complexity index is 234. The molecule has 6 heteroatoms. The van der Waals surface area contributed by atoms with Crippen LogP contribution >= 0.6 is 11.8 Å². The molecule has 0 aromatic rings. The maximum atomic E-state index is 11.4. The van der Waals surface area contributed by atoms with Crippen LogP contribution in [0.2, 0.25) is 0 Å². The number of carbonyl (C=O) groups excluding carboxylic acids is 1. The predicted molar refractivity (Wildman–Crippen MR) is 65.7 cm³/mol. The van der Waals surface area contributed by atoms with Crippen LogP contribution in [0, 0.1) is 0 Å². The summed E-state index contributed by atoms with van der Waals surface area (Å²) in [4.78, 5) is 22.2. The normalized spacial score (nSPS) is 12.5. The molecule has 0 aromatic heterocycles. The van der Waals surface area contributed by atoms with Gasteiger partial charge >= 0.3 is 5.97 Å². The molecule has 0 aliphatic carbocycles. The standard InChI is InChI=1S/C10H20N2O3S/c1-7(2)11-6-9(13)12-8(10(14)15)4-5-16-3/h7-8,11H,4-6H2,1-3H3,(H,12,13)(H,14,15)/t8-/m1/s1. The minimum atomic E-state index is -0.980. The van der Waals surface area contributed by atoms with Crippen molar-refractivity contribution in [2.24, 2.45) is 0 Å². The van der Waals surface area contributed by atoms with Crippen molar-refractivity contribution in [1.29, 1.82) is 0 Å². The number of amides is 1. The lowest BCUT2D eigenvalue weighted by molar-refractivity contribution is -0.141. The number of carboxylic acids is 1. The molecule has 0 rings (SSSR count). The number of nitrogens with one attached hydrogen (secondary N) is 2. The first-order valence-electron chi connectivity index (χ1n) is 5.21. The predicted octanol–water partition coefficient (Wildman–Crippen LogP) is 0.307. The molecular formula is C10H20N2O3S. The zero-order valence-corrected chi connectivity index (χ0v) is 10.8. The Morgan fingerprint density at radius 2 is 2.00 bits per heavy atom. The lowest BCUT2D eigenvalue weighted by atomic mass is 10.2. The number of hydrogen-bond acceptors (Lipinski definition) is 4. The summed E-state index contributed by atoms with van der Waals surface area (Å²) < 4.78 is 0. The Hall–Kier alpha value is -0.750. The van der Waals surface area contributed by atoms with Crippen molar-refractivity contribution in [1.82, 2.24) is 10.6 Å². The van der Waals surface area contributed by atoms with Gasteiger partial charge in [-0.15, -0.1) is 0 Å². The van der Waals surface area contributed by atoms with Crippen LogP contribution < -0.4 is 10.6 Å². The third kappa shape index (κ3) is 7.53. The van der Waals surface area contributed by atoms with Crippen LogP contribution in [0.15, 0.2) is 0 Å².